The van der Waals surface area contributed by atoms with Gasteiger partial charge in [0.1, 0.15) is 18.2 Å². The van der Waals surface area contributed by atoms with Gasteiger partial charge in [-0.25, -0.2) is 0 Å². The third-order valence-electron chi connectivity index (χ3n) is 2.49. The third kappa shape index (κ3) is 5.53. The Bertz CT molecular complexity index is 342. The van der Waals surface area contributed by atoms with Gasteiger partial charge in [-0.05, 0) is 19.8 Å². The van der Waals surface area contributed by atoms with E-state index in [1.165, 1.54) is 6.92 Å². The number of ketones is 3. The monoisotopic (exact) mass is 277 g/mol. The lowest BCUT2D eigenvalue weighted by molar-refractivity contribution is -0.146. The highest BCUT2D eigenvalue weighted by molar-refractivity contribution is 6.44. The molecule has 0 aliphatic carbocycles. The molecule has 0 radical (unpaired) electrons. The first kappa shape index (κ1) is 17.8. The zero-order valence-electron chi connectivity index (χ0n) is 10.5. The van der Waals surface area contributed by atoms with E-state index in [2.05, 4.69) is 0 Å². The standard InChI is InChI=1S/C11H19NO7/c1-5(14)2-3-6(15)9(17)8(12)11(19)10(18)7(16)4-13/h5-8,13-16H,2-4,12H2,1H3/t5?,6?,7-,8-/m1/s1. The molecule has 0 aromatic rings. The summed E-state index contributed by atoms with van der Waals surface area (Å²) in [6, 6.07) is -1.89. The summed E-state index contributed by atoms with van der Waals surface area (Å²) in [6.07, 6.45) is -4.21. The van der Waals surface area contributed by atoms with Crippen molar-refractivity contribution in [3.8, 4) is 0 Å². The van der Waals surface area contributed by atoms with Crippen LogP contribution >= 0.6 is 0 Å². The maximum absolute atomic E-state index is 11.5. The van der Waals surface area contributed by atoms with Gasteiger partial charge in [0.25, 0.3) is 0 Å². The molecule has 0 heterocycles. The highest BCUT2D eigenvalue weighted by Crippen LogP contribution is 2.05. The fourth-order valence-electron chi connectivity index (χ4n) is 1.28. The van der Waals surface area contributed by atoms with Crippen LogP contribution in [-0.4, -0.2) is 68.7 Å². The summed E-state index contributed by atoms with van der Waals surface area (Å²) in [5, 5.41) is 35.9. The van der Waals surface area contributed by atoms with E-state index < -0.39 is 48.3 Å². The summed E-state index contributed by atoms with van der Waals surface area (Å²) < 4.78 is 0. The number of aliphatic hydroxyl groups is 4. The van der Waals surface area contributed by atoms with Crippen LogP contribution in [0.5, 0.6) is 0 Å². The van der Waals surface area contributed by atoms with E-state index in [0.29, 0.717) is 0 Å². The fourth-order valence-corrected chi connectivity index (χ4v) is 1.28. The number of hydrogen-bond acceptors (Lipinski definition) is 8. The van der Waals surface area contributed by atoms with E-state index in [0.717, 1.165) is 0 Å². The molecular weight excluding hydrogens is 258 g/mol. The first-order valence-electron chi connectivity index (χ1n) is 5.74. The van der Waals surface area contributed by atoms with Gasteiger partial charge in [0.15, 0.2) is 5.78 Å². The van der Waals surface area contributed by atoms with Gasteiger partial charge in [0.2, 0.25) is 11.6 Å². The van der Waals surface area contributed by atoms with E-state index in [-0.39, 0.29) is 12.8 Å². The minimum absolute atomic E-state index is 0.103. The predicted molar refractivity (Wildman–Crippen MR) is 63.0 cm³/mol. The van der Waals surface area contributed by atoms with Crippen molar-refractivity contribution < 1.29 is 34.8 Å². The Kier molecular flexibility index (Phi) is 7.57. The lowest BCUT2D eigenvalue weighted by atomic mass is 9.96. The zero-order chi connectivity index (χ0) is 15.2. The molecule has 4 atom stereocenters. The van der Waals surface area contributed by atoms with Crippen molar-refractivity contribution in [1.82, 2.24) is 0 Å². The van der Waals surface area contributed by atoms with Crippen LogP contribution in [0.1, 0.15) is 19.8 Å². The average Bonchev–Trinajstić information content (AvgIpc) is 2.40. The fraction of sp³-hybridized carbons (Fsp3) is 0.727. The number of carbonyl (C=O) groups is 3. The van der Waals surface area contributed by atoms with Crippen LogP contribution in [0.25, 0.3) is 0 Å². The molecule has 6 N–H and O–H groups in total. The lowest BCUT2D eigenvalue weighted by Gasteiger charge is -2.15. The van der Waals surface area contributed by atoms with Crippen molar-refractivity contribution in [2.24, 2.45) is 5.73 Å². The molecule has 0 saturated carbocycles. The summed E-state index contributed by atoms with van der Waals surface area (Å²) in [4.78, 5) is 34.1. The molecule has 8 heteroatoms. The zero-order valence-corrected chi connectivity index (χ0v) is 10.5. The SMILES string of the molecule is CC(O)CCC(O)C(=O)[C@@H](N)C(=O)C(=O)[C@H](O)CO. The van der Waals surface area contributed by atoms with Crippen molar-refractivity contribution in [2.45, 2.75) is 44.1 Å². The molecule has 0 spiro atoms. The maximum atomic E-state index is 11.5. The van der Waals surface area contributed by atoms with E-state index in [1.807, 2.05) is 0 Å². The second-order valence-corrected chi connectivity index (χ2v) is 4.25. The van der Waals surface area contributed by atoms with Gasteiger partial charge in [-0.2, -0.15) is 0 Å². The molecule has 0 aromatic carbocycles. The predicted octanol–water partition coefficient (Wildman–Crippen LogP) is -3.10. The molecular formula is C11H19NO7. The number of Topliss-reactive ketones (excluding diaryl/α,β-unsaturated/α-hetero) is 3. The van der Waals surface area contributed by atoms with Crippen molar-refractivity contribution in [3.63, 3.8) is 0 Å². The van der Waals surface area contributed by atoms with Crippen molar-refractivity contribution in [1.29, 1.82) is 0 Å². The van der Waals surface area contributed by atoms with Crippen molar-refractivity contribution in [2.75, 3.05) is 6.61 Å². The minimum Gasteiger partial charge on any atom is -0.393 e. The molecule has 0 bridgehead atoms. The smallest absolute Gasteiger partial charge is 0.231 e. The Morgan fingerprint density at radius 3 is 1.95 bits per heavy atom. The quantitative estimate of drug-likeness (QED) is 0.219. The second-order valence-electron chi connectivity index (χ2n) is 4.25. The van der Waals surface area contributed by atoms with Gasteiger partial charge in [-0.15, -0.1) is 0 Å². The van der Waals surface area contributed by atoms with Gasteiger partial charge in [0, 0.05) is 0 Å². The van der Waals surface area contributed by atoms with E-state index in [1.54, 1.807) is 0 Å². The van der Waals surface area contributed by atoms with Crippen LogP contribution in [-0.2, 0) is 14.4 Å². The highest BCUT2D eigenvalue weighted by Gasteiger charge is 2.34. The summed E-state index contributed by atoms with van der Waals surface area (Å²) in [6.45, 7) is 0.499. The number of rotatable bonds is 9. The molecule has 8 nitrogen and oxygen atoms in total. The Hall–Kier alpha value is -1.19. The first-order chi connectivity index (χ1) is 8.72. The van der Waals surface area contributed by atoms with Crippen LogP contribution < -0.4 is 5.73 Å². The summed E-state index contributed by atoms with van der Waals surface area (Å²) in [5.41, 5.74) is 5.23. The summed E-state index contributed by atoms with van der Waals surface area (Å²) in [5.74, 6) is -3.82. The van der Waals surface area contributed by atoms with Crippen LogP contribution in [0.15, 0.2) is 0 Å². The van der Waals surface area contributed by atoms with Gasteiger partial charge >= 0.3 is 0 Å². The Morgan fingerprint density at radius 1 is 1.00 bits per heavy atom. The molecule has 0 aliphatic rings. The number of hydrogen-bond donors (Lipinski definition) is 5. The third-order valence-corrected chi connectivity index (χ3v) is 2.49. The first-order valence-corrected chi connectivity index (χ1v) is 5.74. The average molecular weight is 277 g/mol. The van der Waals surface area contributed by atoms with Gasteiger partial charge < -0.3 is 26.2 Å². The Morgan fingerprint density at radius 2 is 1.53 bits per heavy atom. The van der Waals surface area contributed by atoms with E-state index in [4.69, 9.17) is 21.1 Å². The largest absolute Gasteiger partial charge is 0.393 e. The van der Waals surface area contributed by atoms with Gasteiger partial charge in [-0.3, -0.25) is 14.4 Å². The summed E-state index contributed by atoms with van der Waals surface area (Å²) >= 11 is 0. The van der Waals surface area contributed by atoms with Crippen LogP contribution in [0.4, 0.5) is 0 Å². The molecule has 0 rings (SSSR count). The lowest BCUT2D eigenvalue weighted by Crippen LogP contribution is -2.50. The molecule has 0 amide bonds. The second kappa shape index (κ2) is 8.08. The maximum Gasteiger partial charge on any atom is 0.231 e. The van der Waals surface area contributed by atoms with Gasteiger partial charge in [0.05, 0.1) is 12.7 Å². The molecule has 0 saturated heterocycles. The number of aliphatic hydroxyl groups excluding tert-OH is 4. The van der Waals surface area contributed by atoms with E-state index >= 15 is 0 Å². The van der Waals surface area contributed by atoms with E-state index in [9.17, 15) is 19.5 Å². The minimum atomic E-state index is -1.93. The molecule has 19 heavy (non-hydrogen) atoms. The summed E-state index contributed by atoms with van der Waals surface area (Å²) in [7, 11) is 0. The van der Waals surface area contributed by atoms with Crippen LogP contribution in [0.3, 0.4) is 0 Å². The topological polar surface area (TPSA) is 158 Å². The van der Waals surface area contributed by atoms with Crippen LogP contribution in [0, 0.1) is 0 Å². The number of nitrogens with two attached hydrogens (primary N) is 1. The van der Waals surface area contributed by atoms with Gasteiger partial charge in [-0.1, -0.05) is 0 Å². The molecule has 110 valence electrons. The molecule has 0 fully saturated rings. The molecule has 2 unspecified atom stereocenters. The van der Waals surface area contributed by atoms with Crippen molar-refractivity contribution in [3.05, 3.63) is 0 Å². The highest BCUT2D eigenvalue weighted by atomic mass is 16.3. The van der Waals surface area contributed by atoms with Crippen LogP contribution in [0.2, 0.25) is 0 Å². The van der Waals surface area contributed by atoms with Crippen molar-refractivity contribution >= 4 is 17.3 Å². The normalized spacial score (nSPS) is 17.4. The molecule has 0 aromatic heterocycles. The Labute approximate surface area is 109 Å². The number of carbonyl (C=O) groups excluding carboxylic acids is 3. The molecule has 0 aliphatic heterocycles. The Balaban J connectivity index is 4.55.